The van der Waals surface area contributed by atoms with Crippen LogP contribution in [0.2, 0.25) is 0 Å². The van der Waals surface area contributed by atoms with Gasteiger partial charge in [0.1, 0.15) is 0 Å². The molecule has 0 amide bonds. The van der Waals surface area contributed by atoms with Crippen molar-refractivity contribution in [3.05, 3.63) is 10.6 Å². The van der Waals surface area contributed by atoms with Crippen LogP contribution in [0.4, 0.5) is 5.13 Å². The minimum atomic E-state index is 0.510. The van der Waals surface area contributed by atoms with Crippen molar-refractivity contribution in [2.45, 2.75) is 59.4 Å². The van der Waals surface area contributed by atoms with E-state index in [1.165, 1.54) is 41.5 Å². The molecule has 1 saturated carbocycles. The Labute approximate surface area is 127 Å². The molecule has 0 aliphatic heterocycles. The number of hydrogen-bond donors (Lipinski definition) is 1. The first-order valence-electron chi connectivity index (χ1n) is 8.10. The van der Waals surface area contributed by atoms with Crippen LogP contribution >= 0.6 is 11.3 Å². The summed E-state index contributed by atoms with van der Waals surface area (Å²) in [5.41, 5.74) is 1.29. The first-order valence-corrected chi connectivity index (χ1v) is 8.92. The number of thiazole rings is 1. The van der Waals surface area contributed by atoms with Gasteiger partial charge in [-0.05, 0) is 38.1 Å². The third kappa shape index (κ3) is 3.73. The molecule has 0 aromatic carbocycles. The van der Waals surface area contributed by atoms with Gasteiger partial charge in [0, 0.05) is 24.5 Å². The SMILES string of the molecule is CCNCc1sc(N(CC)CC2CCC2)nc1C(C)C. The third-order valence-corrected chi connectivity index (χ3v) is 5.29. The average Bonchev–Trinajstić information content (AvgIpc) is 2.79. The lowest BCUT2D eigenvalue weighted by Crippen LogP contribution is -2.32. The lowest BCUT2D eigenvalue weighted by Gasteiger charge is -2.31. The van der Waals surface area contributed by atoms with Crippen molar-refractivity contribution in [3.63, 3.8) is 0 Å². The Morgan fingerprint density at radius 3 is 2.60 bits per heavy atom. The molecule has 0 spiro atoms. The highest BCUT2D eigenvalue weighted by Crippen LogP contribution is 2.33. The summed E-state index contributed by atoms with van der Waals surface area (Å²) < 4.78 is 0. The summed E-state index contributed by atoms with van der Waals surface area (Å²) >= 11 is 1.89. The fraction of sp³-hybridized carbons (Fsp3) is 0.812. The van der Waals surface area contributed by atoms with Crippen LogP contribution < -0.4 is 10.2 Å². The Hall–Kier alpha value is -0.610. The summed E-state index contributed by atoms with van der Waals surface area (Å²) in [6.07, 6.45) is 4.23. The monoisotopic (exact) mass is 295 g/mol. The number of nitrogens with zero attached hydrogens (tertiary/aromatic N) is 2. The topological polar surface area (TPSA) is 28.2 Å². The second-order valence-corrected chi connectivity index (χ2v) is 7.14. The first kappa shape index (κ1) is 15.8. The Morgan fingerprint density at radius 2 is 2.10 bits per heavy atom. The maximum atomic E-state index is 4.95. The van der Waals surface area contributed by atoms with Gasteiger partial charge in [0.05, 0.1) is 5.69 Å². The van der Waals surface area contributed by atoms with Crippen molar-refractivity contribution in [3.8, 4) is 0 Å². The fourth-order valence-corrected chi connectivity index (χ4v) is 3.89. The van der Waals surface area contributed by atoms with Gasteiger partial charge in [0.15, 0.2) is 5.13 Å². The zero-order valence-corrected chi connectivity index (χ0v) is 14.2. The van der Waals surface area contributed by atoms with E-state index in [1.54, 1.807) is 0 Å². The maximum Gasteiger partial charge on any atom is 0.185 e. The first-order chi connectivity index (χ1) is 9.65. The number of aromatic nitrogens is 1. The maximum absolute atomic E-state index is 4.95. The molecule has 114 valence electrons. The minimum Gasteiger partial charge on any atom is -0.348 e. The molecule has 4 heteroatoms. The van der Waals surface area contributed by atoms with Crippen molar-refractivity contribution in [2.24, 2.45) is 5.92 Å². The predicted octanol–water partition coefficient (Wildman–Crippen LogP) is 4.00. The Bertz CT molecular complexity index is 410. The zero-order chi connectivity index (χ0) is 14.5. The molecule has 2 rings (SSSR count). The van der Waals surface area contributed by atoms with Crippen LogP contribution in [0.1, 0.15) is 63.4 Å². The molecule has 3 nitrogen and oxygen atoms in total. The molecule has 0 saturated heterocycles. The van der Waals surface area contributed by atoms with Crippen LogP contribution in [0.5, 0.6) is 0 Å². The zero-order valence-electron chi connectivity index (χ0n) is 13.4. The van der Waals surface area contributed by atoms with Gasteiger partial charge in [-0.3, -0.25) is 0 Å². The van der Waals surface area contributed by atoms with Gasteiger partial charge in [0.25, 0.3) is 0 Å². The number of hydrogen-bond acceptors (Lipinski definition) is 4. The summed E-state index contributed by atoms with van der Waals surface area (Å²) in [5.74, 6) is 1.41. The molecule has 1 aromatic heterocycles. The standard InChI is InChI=1S/C16H29N3S/c1-5-17-10-14-15(12(3)4)18-16(20-14)19(6-2)11-13-8-7-9-13/h12-13,17H,5-11H2,1-4H3. The van der Waals surface area contributed by atoms with Crippen molar-refractivity contribution in [1.29, 1.82) is 0 Å². The molecular formula is C16H29N3S. The molecule has 0 unspecified atom stereocenters. The van der Waals surface area contributed by atoms with Crippen molar-refractivity contribution in [1.82, 2.24) is 10.3 Å². The molecule has 20 heavy (non-hydrogen) atoms. The van der Waals surface area contributed by atoms with Crippen molar-refractivity contribution >= 4 is 16.5 Å². The normalized spacial score (nSPS) is 15.7. The second-order valence-electron chi connectivity index (χ2n) is 6.08. The molecule has 1 fully saturated rings. The summed E-state index contributed by atoms with van der Waals surface area (Å²) in [7, 11) is 0. The summed E-state index contributed by atoms with van der Waals surface area (Å²) in [6, 6.07) is 0. The van der Waals surface area contributed by atoms with E-state index in [-0.39, 0.29) is 0 Å². The van der Waals surface area contributed by atoms with E-state index in [0.717, 1.165) is 25.6 Å². The molecule has 1 heterocycles. The van der Waals surface area contributed by atoms with Crippen LogP contribution in [0.15, 0.2) is 0 Å². The van der Waals surface area contributed by atoms with E-state index in [0.29, 0.717) is 5.92 Å². The average molecular weight is 295 g/mol. The van der Waals surface area contributed by atoms with Crippen LogP contribution in [0, 0.1) is 5.92 Å². The molecule has 1 aliphatic carbocycles. The molecule has 0 radical (unpaired) electrons. The lowest BCUT2D eigenvalue weighted by molar-refractivity contribution is 0.318. The van der Waals surface area contributed by atoms with Gasteiger partial charge < -0.3 is 10.2 Å². The smallest absolute Gasteiger partial charge is 0.185 e. The Morgan fingerprint density at radius 1 is 1.35 bits per heavy atom. The van der Waals surface area contributed by atoms with E-state index in [4.69, 9.17) is 4.98 Å². The van der Waals surface area contributed by atoms with Crippen molar-refractivity contribution in [2.75, 3.05) is 24.5 Å². The molecule has 0 atom stereocenters. The predicted molar refractivity (Wildman–Crippen MR) is 88.8 cm³/mol. The van der Waals surface area contributed by atoms with Gasteiger partial charge in [-0.15, -0.1) is 11.3 Å². The summed E-state index contributed by atoms with van der Waals surface area (Å²) in [6.45, 7) is 13.1. The van der Waals surface area contributed by atoms with E-state index < -0.39 is 0 Å². The molecule has 0 bridgehead atoms. The Balaban J connectivity index is 2.11. The fourth-order valence-electron chi connectivity index (χ4n) is 2.63. The summed E-state index contributed by atoms with van der Waals surface area (Å²) in [4.78, 5) is 8.85. The number of nitrogens with one attached hydrogen (secondary N) is 1. The van der Waals surface area contributed by atoms with E-state index in [9.17, 15) is 0 Å². The van der Waals surface area contributed by atoms with Crippen LogP contribution in [0.3, 0.4) is 0 Å². The molecular weight excluding hydrogens is 266 g/mol. The molecule has 1 aromatic rings. The highest BCUT2D eigenvalue weighted by atomic mass is 32.1. The third-order valence-electron chi connectivity index (χ3n) is 4.15. The van der Waals surface area contributed by atoms with E-state index >= 15 is 0 Å². The molecule has 1 aliphatic rings. The second kappa shape index (κ2) is 7.41. The van der Waals surface area contributed by atoms with Gasteiger partial charge in [-0.2, -0.15) is 0 Å². The number of anilines is 1. The largest absolute Gasteiger partial charge is 0.348 e. The quantitative estimate of drug-likeness (QED) is 0.785. The van der Waals surface area contributed by atoms with E-state index in [2.05, 4.69) is 37.9 Å². The van der Waals surface area contributed by atoms with Gasteiger partial charge in [-0.25, -0.2) is 4.98 Å². The van der Waals surface area contributed by atoms with Crippen LogP contribution in [-0.4, -0.2) is 24.6 Å². The van der Waals surface area contributed by atoms with Crippen LogP contribution in [0.25, 0.3) is 0 Å². The number of rotatable bonds is 8. The lowest BCUT2D eigenvalue weighted by atomic mass is 9.85. The summed E-state index contributed by atoms with van der Waals surface area (Å²) in [5, 5.41) is 4.68. The van der Waals surface area contributed by atoms with Gasteiger partial charge in [-0.1, -0.05) is 27.2 Å². The van der Waals surface area contributed by atoms with Crippen LogP contribution in [-0.2, 0) is 6.54 Å². The van der Waals surface area contributed by atoms with Gasteiger partial charge in [0.2, 0.25) is 0 Å². The van der Waals surface area contributed by atoms with E-state index in [1.807, 2.05) is 11.3 Å². The van der Waals surface area contributed by atoms with Gasteiger partial charge >= 0.3 is 0 Å². The Kier molecular flexibility index (Phi) is 5.85. The van der Waals surface area contributed by atoms with Crippen molar-refractivity contribution < 1.29 is 0 Å². The highest BCUT2D eigenvalue weighted by molar-refractivity contribution is 7.15. The molecule has 1 N–H and O–H groups in total. The highest BCUT2D eigenvalue weighted by Gasteiger charge is 2.23. The minimum absolute atomic E-state index is 0.510.